The van der Waals surface area contributed by atoms with Gasteiger partial charge < -0.3 is 14.9 Å². The molecule has 110 valence electrons. The molecule has 1 aromatic heterocycles. The Morgan fingerprint density at radius 3 is 2.45 bits per heavy atom. The summed E-state index contributed by atoms with van der Waals surface area (Å²) < 4.78 is 0. The highest BCUT2D eigenvalue weighted by Gasteiger charge is 2.27. The van der Waals surface area contributed by atoms with Gasteiger partial charge in [0.25, 0.3) is 11.8 Å². The number of aliphatic hydroxyl groups is 1. The molecule has 1 aliphatic rings. The highest BCUT2D eigenvalue weighted by molar-refractivity contribution is 7.12. The van der Waals surface area contributed by atoms with Gasteiger partial charge in [0.2, 0.25) is 0 Å². The van der Waals surface area contributed by atoms with Crippen LogP contribution in [0.4, 0.5) is 0 Å². The number of rotatable bonds is 3. The van der Waals surface area contributed by atoms with Gasteiger partial charge in [0.15, 0.2) is 0 Å². The SMILES string of the molecule is CCc1ccsc1C(=O)N1CCN(C(=O)C(C)O)CC1. The molecule has 1 aromatic rings. The number of hydrogen-bond donors (Lipinski definition) is 1. The molecule has 1 N–H and O–H groups in total. The summed E-state index contributed by atoms with van der Waals surface area (Å²) in [5.74, 6) is -0.205. The minimum Gasteiger partial charge on any atom is -0.384 e. The zero-order valence-electron chi connectivity index (χ0n) is 11.8. The molecule has 0 aromatic carbocycles. The second-order valence-corrected chi connectivity index (χ2v) is 5.84. The number of hydrogen-bond acceptors (Lipinski definition) is 4. The van der Waals surface area contributed by atoms with Crippen LogP contribution in [-0.4, -0.2) is 59.0 Å². The van der Waals surface area contributed by atoms with Gasteiger partial charge in [0, 0.05) is 26.2 Å². The van der Waals surface area contributed by atoms with Crippen molar-refractivity contribution in [3.63, 3.8) is 0 Å². The molecule has 1 fully saturated rings. The number of aliphatic hydroxyl groups excluding tert-OH is 1. The van der Waals surface area contributed by atoms with E-state index in [0.29, 0.717) is 26.2 Å². The van der Waals surface area contributed by atoms with Crippen LogP contribution in [0.2, 0.25) is 0 Å². The van der Waals surface area contributed by atoms with Crippen molar-refractivity contribution in [3.05, 3.63) is 21.9 Å². The smallest absolute Gasteiger partial charge is 0.264 e. The number of carbonyl (C=O) groups is 2. The molecule has 20 heavy (non-hydrogen) atoms. The average molecular weight is 296 g/mol. The molecule has 0 saturated carbocycles. The van der Waals surface area contributed by atoms with Gasteiger partial charge >= 0.3 is 0 Å². The van der Waals surface area contributed by atoms with Gasteiger partial charge in [0.05, 0.1) is 4.88 Å². The average Bonchev–Trinajstić information content (AvgIpc) is 2.94. The molecule has 0 spiro atoms. The van der Waals surface area contributed by atoms with Crippen LogP contribution in [-0.2, 0) is 11.2 Å². The van der Waals surface area contributed by atoms with Crippen molar-refractivity contribution in [3.8, 4) is 0 Å². The van der Waals surface area contributed by atoms with Crippen molar-refractivity contribution in [2.24, 2.45) is 0 Å². The summed E-state index contributed by atoms with van der Waals surface area (Å²) in [5.41, 5.74) is 1.09. The lowest BCUT2D eigenvalue weighted by molar-refractivity contribution is -0.140. The van der Waals surface area contributed by atoms with Crippen LogP contribution < -0.4 is 0 Å². The molecule has 6 heteroatoms. The predicted octanol–water partition coefficient (Wildman–Crippen LogP) is 0.976. The lowest BCUT2D eigenvalue weighted by Crippen LogP contribution is -2.52. The first-order valence-corrected chi connectivity index (χ1v) is 7.75. The molecule has 1 saturated heterocycles. The lowest BCUT2D eigenvalue weighted by atomic mass is 10.2. The van der Waals surface area contributed by atoms with Crippen LogP contribution in [0.5, 0.6) is 0 Å². The van der Waals surface area contributed by atoms with Gasteiger partial charge in [-0.2, -0.15) is 0 Å². The molecule has 2 heterocycles. The highest BCUT2D eigenvalue weighted by Crippen LogP contribution is 2.20. The van der Waals surface area contributed by atoms with Crippen molar-refractivity contribution >= 4 is 23.2 Å². The van der Waals surface area contributed by atoms with Crippen LogP contribution in [0, 0.1) is 0 Å². The highest BCUT2D eigenvalue weighted by atomic mass is 32.1. The Hall–Kier alpha value is -1.40. The zero-order valence-corrected chi connectivity index (χ0v) is 12.7. The monoisotopic (exact) mass is 296 g/mol. The second-order valence-electron chi connectivity index (χ2n) is 4.92. The Kier molecular flexibility index (Phi) is 4.77. The summed E-state index contributed by atoms with van der Waals surface area (Å²) in [6, 6.07) is 1.99. The maximum absolute atomic E-state index is 12.4. The normalized spacial score (nSPS) is 17.1. The Bertz CT molecular complexity index is 490. The van der Waals surface area contributed by atoms with Crippen molar-refractivity contribution < 1.29 is 14.7 Å². The zero-order chi connectivity index (χ0) is 14.7. The predicted molar refractivity (Wildman–Crippen MR) is 77.9 cm³/mol. The Morgan fingerprint density at radius 2 is 1.90 bits per heavy atom. The first-order valence-electron chi connectivity index (χ1n) is 6.87. The summed E-state index contributed by atoms with van der Waals surface area (Å²) >= 11 is 1.48. The fourth-order valence-corrected chi connectivity index (χ4v) is 3.30. The third-order valence-electron chi connectivity index (χ3n) is 3.56. The van der Waals surface area contributed by atoms with Gasteiger partial charge in [0.1, 0.15) is 6.10 Å². The van der Waals surface area contributed by atoms with Crippen molar-refractivity contribution in [1.82, 2.24) is 9.80 Å². The Balaban J connectivity index is 1.97. The Morgan fingerprint density at radius 1 is 1.30 bits per heavy atom. The van der Waals surface area contributed by atoms with Gasteiger partial charge in [-0.25, -0.2) is 0 Å². The van der Waals surface area contributed by atoms with E-state index in [1.165, 1.54) is 18.3 Å². The van der Waals surface area contributed by atoms with Gasteiger partial charge in [-0.05, 0) is 30.4 Å². The summed E-state index contributed by atoms with van der Waals surface area (Å²) in [7, 11) is 0. The van der Waals surface area contributed by atoms with Crippen LogP contribution in [0.15, 0.2) is 11.4 Å². The van der Waals surface area contributed by atoms with E-state index in [9.17, 15) is 14.7 Å². The molecule has 1 unspecified atom stereocenters. The quantitative estimate of drug-likeness (QED) is 0.904. The molecule has 1 aliphatic heterocycles. The Labute approximate surface area is 122 Å². The largest absolute Gasteiger partial charge is 0.384 e. The first kappa shape index (κ1) is 15.0. The summed E-state index contributed by atoms with van der Waals surface area (Å²) in [4.78, 5) is 28.3. The number of thiophene rings is 1. The maximum atomic E-state index is 12.4. The van der Waals surface area contributed by atoms with Crippen LogP contribution >= 0.6 is 11.3 Å². The summed E-state index contributed by atoms with van der Waals surface area (Å²) in [5, 5.41) is 11.2. The van der Waals surface area contributed by atoms with Crippen LogP contribution in [0.1, 0.15) is 29.1 Å². The van der Waals surface area contributed by atoms with E-state index in [4.69, 9.17) is 0 Å². The van der Waals surface area contributed by atoms with Gasteiger partial charge in [-0.15, -0.1) is 11.3 Å². The lowest BCUT2D eigenvalue weighted by Gasteiger charge is -2.35. The molecule has 2 amide bonds. The first-order chi connectivity index (χ1) is 9.54. The maximum Gasteiger partial charge on any atom is 0.264 e. The third-order valence-corrected chi connectivity index (χ3v) is 4.50. The van der Waals surface area contributed by atoms with Crippen molar-refractivity contribution in [1.29, 1.82) is 0 Å². The van der Waals surface area contributed by atoms with E-state index < -0.39 is 6.10 Å². The molecule has 0 bridgehead atoms. The number of nitrogens with zero attached hydrogens (tertiary/aromatic N) is 2. The molecule has 1 atom stereocenters. The van der Waals surface area contributed by atoms with Crippen LogP contribution in [0.3, 0.4) is 0 Å². The number of piperazine rings is 1. The van der Waals surface area contributed by atoms with E-state index >= 15 is 0 Å². The van der Waals surface area contributed by atoms with E-state index in [1.54, 1.807) is 9.80 Å². The fraction of sp³-hybridized carbons (Fsp3) is 0.571. The van der Waals surface area contributed by atoms with E-state index in [2.05, 4.69) is 0 Å². The minimum absolute atomic E-state index is 0.0565. The number of aryl methyl sites for hydroxylation is 1. The van der Waals surface area contributed by atoms with E-state index in [0.717, 1.165) is 16.9 Å². The molecule has 0 aliphatic carbocycles. The van der Waals surface area contributed by atoms with E-state index in [-0.39, 0.29) is 11.8 Å². The van der Waals surface area contributed by atoms with Gasteiger partial charge in [-0.1, -0.05) is 6.92 Å². The van der Waals surface area contributed by atoms with E-state index in [1.807, 2.05) is 18.4 Å². The molecule has 2 rings (SSSR count). The second kappa shape index (κ2) is 6.37. The topological polar surface area (TPSA) is 60.9 Å². The molecule has 0 radical (unpaired) electrons. The standard InChI is InChI=1S/C14H20N2O3S/c1-3-11-4-9-20-12(11)14(19)16-7-5-15(6-8-16)13(18)10(2)17/h4,9-10,17H,3,5-8H2,1-2H3. The fourth-order valence-electron chi connectivity index (χ4n) is 2.34. The number of carbonyl (C=O) groups excluding carboxylic acids is 2. The van der Waals surface area contributed by atoms with Crippen molar-refractivity contribution in [2.75, 3.05) is 26.2 Å². The summed E-state index contributed by atoms with van der Waals surface area (Å²) in [6.07, 6.45) is -0.119. The van der Waals surface area contributed by atoms with Crippen LogP contribution in [0.25, 0.3) is 0 Å². The molecular weight excluding hydrogens is 276 g/mol. The minimum atomic E-state index is -0.971. The van der Waals surface area contributed by atoms with Gasteiger partial charge in [-0.3, -0.25) is 9.59 Å². The summed E-state index contributed by atoms with van der Waals surface area (Å²) in [6.45, 7) is 5.54. The molecular formula is C14H20N2O3S. The number of amides is 2. The van der Waals surface area contributed by atoms with Crippen molar-refractivity contribution in [2.45, 2.75) is 26.4 Å². The molecule has 5 nitrogen and oxygen atoms in total. The third kappa shape index (κ3) is 3.02.